The van der Waals surface area contributed by atoms with Gasteiger partial charge in [0.15, 0.2) is 0 Å². The van der Waals surface area contributed by atoms with Crippen molar-refractivity contribution in [3.05, 3.63) is 144 Å². The summed E-state index contributed by atoms with van der Waals surface area (Å²) in [7, 11) is 0. The zero-order valence-corrected chi connectivity index (χ0v) is 22.6. The number of fused-ring (bicyclic) bond motifs is 2. The van der Waals surface area contributed by atoms with Crippen molar-refractivity contribution in [3.63, 3.8) is 0 Å². The standard InChI is InChI=1S/C19H13ClN2.C13H9BrN2/c20-16-6-3-5-15(12-16)17-8-10-21-13-19(17)22-11-9-14-4-1-2-7-18(14)22;14-11-3-4-13-10(8-11)5-7-16(13)12-2-1-6-15-9-12/h1-13H;1-9H. The Morgan fingerprint density at radius 2 is 1.45 bits per heavy atom. The van der Waals surface area contributed by atoms with E-state index in [0.717, 1.165) is 32.0 Å². The SMILES string of the molecule is Brc1ccc2c(ccn2-c2cccnc2)c1.Clc1cccc(-c2ccncc2-n2ccc3ccccc32)c1. The van der Waals surface area contributed by atoms with Crippen molar-refractivity contribution in [2.45, 2.75) is 0 Å². The van der Waals surface area contributed by atoms with Crippen LogP contribution in [0.25, 0.3) is 44.3 Å². The maximum absolute atomic E-state index is 6.14. The molecule has 0 spiro atoms. The zero-order valence-electron chi connectivity index (χ0n) is 20.2. The molecule has 0 saturated carbocycles. The average Bonchev–Trinajstić information content (AvgIpc) is 3.58. The molecular weight excluding hydrogens is 556 g/mol. The molecule has 0 amide bonds. The van der Waals surface area contributed by atoms with Crippen molar-refractivity contribution >= 4 is 49.3 Å². The Balaban J connectivity index is 0.000000146. The third kappa shape index (κ3) is 4.86. The van der Waals surface area contributed by atoms with Gasteiger partial charge < -0.3 is 9.13 Å². The van der Waals surface area contributed by atoms with Crippen LogP contribution in [0.2, 0.25) is 5.02 Å². The van der Waals surface area contributed by atoms with E-state index in [4.69, 9.17) is 11.6 Å². The molecule has 38 heavy (non-hydrogen) atoms. The van der Waals surface area contributed by atoms with Gasteiger partial charge in [-0.3, -0.25) is 9.97 Å². The van der Waals surface area contributed by atoms with E-state index in [-0.39, 0.29) is 0 Å². The van der Waals surface area contributed by atoms with Crippen molar-refractivity contribution in [2.75, 3.05) is 0 Å². The molecule has 4 aromatic heterocycles. The summed E-state index contributed by atoms with van der Waals surface area (Å²) in [6.45, 7) is 0. The number of aromatic nitrogens is 4. The van der Waals surface area contributed by atoms with E-state index in [1.807, 2.05) is 61.1 Å². The number of hydrogen-bond acceptors (Lipinski definition) is 2. The summed E-state index contributed by atoms with van der Waals surface area (Å²) in [6, 6.07) is 32.7. The van der Waals surface area contributed by atoms with Gasteiger partial charge in [0, 0.05) is 45.2 Å². The molecule has 3 aromatic carbocycles. The number of para-hydroxylation sites is 1. The van der Waals surface area contributed by atoms with Crippen molar-refractivity contribution in [2.24, 2.45) is 0 Å². The number of nitrogens with zero attached hydrogens (tertiary/aromatic N) is 4. The van der Waals surface area contributed by atoms with Crippen molar-refractivity contribution in [1.82, 2.24) is 19.1 Å². The van der Waals surface area contributed by atoms with Crippen LogP contribution in [-0.2, 0) is 0 Å². The molecule has 184 valence electrons. The van der Waals surface area contributed by atoms with Gasteiger partial charge in [0.05, 0.1) is 34.8 Å². The molecule has 0 radical (unpaired) electrons. The fourth-order valence-electron chi connectivity index (χ4n) is 4.61. The molecule has 0 saturated heterocycles. The maximum atomic E-state index is 6.14. The second kappa shape index (κ2) is 10.7. The monoisotopic (exact) mass is 576 g/mol. The predicted molar refractivity (Wildman–Crippen MR) is 160 cm³/mol. The summed E-state index contributed by atoms with van der Waals surface area (Å²) < 4.78 is 5.40. The fraction of sp³-hybridized carbons (Fsp3) is 0. The van der Waals surface area contributed by atoms with E-state index in [0.29, 0.717) is 0 Å². The molecule has 0 N–H and O–H groups in total. The summed E-state index contributed by atoms with van der Waals surface area (Å²) in [5.74, 6) is 0. The minimum absolute atomic E-state index is 0.734. The lowest BCUT2D eigenvalue weighted by atomic mass is 10.1. The van der Waals surface area contributed by atoms with Crippen molar-refractivity contribution < 1.29 is 0 Å². The van der Waals surface area contributed by atoms with E-state index < -0.39 is 0 Å². The third-order valence-electron chi connectivity index (χ3n) is 6.37. The Bertz CT molecular complexity index is 1860. The Kier molecular flexibility index (Phi) is 6.78. The van der Waals surface area contributed by atoms with Crippen LogP contribution >= 0.6 is 27.5 Å². The van der Waals surface area contributed by atoms with Crippen LogP contribution in [0.1, 0.15) is 0 Å². The molecule has 6 heteroatoms. The molecule has 4 heterocycles. The van der Waals surface area contributed by atoms with Crippen molar-refractivity contribution in [1.29, 1.82) is 0 Å². The number of pyridine rings is 2. The fourth-order valence-corrected chi connectivity index (χ4v) is 5.18. The lowest BCUT2D eigenvalue weighted by Crippen LogP contribution is -1.96. The van der Waals surface area contributed by atoms with E-state index in [1.165, 1.54) is 21.8 Å². The van der Waals surface area contributed by atoms with Gasteiger partial charge in [0.1, 0.15) is 0 Å². The first-order valence-electron chi connectivity index (χ1n) is 12.1. The highest BCUT2D eigenvalue weighted by molar-refractivity contribution is 9.10. The Morgan fingerprint density at radius 3 is 2.32 bits per heavy atom. The molecule has 0 unspecified atom stereocenters. The van der Waals surface area contributed by atoms with Gasteiger partial charge in [-0.25, -0.2) is 0 Å². The second-order valence-electron chi connectivity index (χ2n) is 8.75. The normalized spacial score (nSPS) is 10.9. The molecule has 0 aliphatic rings. The smallest absolute Gasteiger partial charge is 0.0718 e. The molecule has 7 aromatic rings. The number of hydrogen-bond donors (Lipinski definition) is 0. The zero-order chi connectivity index (χ0) is 25.9. The van der Waals surface area contributed by atoms with Gasteiger partial charge >= 0.3 is 0 Å². The second-order valence-corrected chi connectivity index (χ2v) is 10.1. The van der Waals surface area contributed by atoms with Gasteiger partial charge in [0.25, 0.3) is 0 Å². The van der Waals surface area contributed by atoms with Gasteiger partial charge in [0.2, 0.25) is 0 Å². The molecular formula is C32H22BrClN4. The first kappa shape index (κ1) is 24.2. The summed E-state index contributed by atoms with van der Waals surface area (Å²) in [4.78, 5) is 8.44. The maximum Gasteiger partial charge on any atom is 0.0718 e. The Morgan fingerprint density at radius 1 is 0.632 bits per heavy atom. The lowest BCUT2D eigenvalue weighted by Gasteiger charge is -2.12. The van der Waals surface area contributed by atoms with E-state index in [2.05, 4.69) is 102 Å². The minimum Gasteiger partial charge on any atom is -0.315 e. The molecule has 0 aliphatic carbocycles. The average molecular weight is 578 g/mol. The highest BCUT2D eigenvalue weighted by Gasteiger charge is 2.10. The molecule has 0 aliphatic heterocycles. The summed E-state index contributed by atoms with van der Waals surface area (Å²) in [6.07, 6.45) is 11.5. The third-order valence-corrected chi connectivity index (χ3v) is 7.10. The summed E-state index contributed by atoms with van der Waals surface area (Å²) >= 11 is 9.62. The van der Waals surface area contributed by atoms with Crippen LogP contribution in [0.15, 0.2) is 139 Å². The number of rotatable bonds is 3. The Labute approximate surface area is 233 Å². The van der Waals surface area contributed by atoms with E-state index in [9.17, 15) is 0 Å². The highest BCUT2D eigenvalue weighted by Crippen LogP contribution is 2.30. The summed E-state index contributed by atoms with van der Waals surface area (Å²) in [5, 5.41) is 3.17. The van der Waals surface area contributed by atoms with Gasteiger partial charge in [-0.2, -0.15) is 0 Å². The topological polar surface area (TPSA) is 35.6 Å². The largest absolute Gasteiger partial charge is 0.315 e. The molecule has 4 nitrogen and oxygen atoms in total. The molecule has 7 rings (SSSR count). The molecule has 0 atom stereocenters. The van der Waals surface area contributed by atoms with Crippen LogP contribution in [0.5, 0.6) is 0 Å². The Hall–Kier alpha value is -4.19. The lowest BCUT2D eigenvalue weighted by molar-refractivity contribution is 1.10. The van der Waals surface area contributed by atoms with Crippen molar-refractivity contribution in [3.8, 4) is 22.5 Å². The number of halogens is 2. The van der Waals surface area contributed by atoms with Gasteiger partial charge in [-0.05, 0) is 77.7 Å². The van der Waals surface area contributed by atoms with Gasteiger partial charge in [-0.1, -0.05) is 57.9 Å². The van der Waals surface area contributed by atoms with E-state index >= 15 is 0 Å². The summed E-state index contributed by atoms with van der Waals surface area (Å²) in [5.41, 5.74) is 6.68. The predicted octanol–water partition coefficient (Wildman–Crippen LogP) is 9.13. The van der Waals surface area contributed by atoms with Crippen LogP contribution in [0.4, 0.5) is 0 Å². The van der Waals surface area contributed by atoms with Crippen LogP contribution in [0.3, 0.4) is 0 Å². The van der Waals surface area contributed by atoms with E-state index in [1.54, 1.807) is 6.20 Å². The molecule has 0 fully saturated rings. The minimum atomic E-state index is 0.734. The highest BCUT2D eigenvalue weighted by atomic mass is 79.9. The van der Waals surface area contributed by atoms with Crippen LogP contribution in [0, 0.1) is 0 Å². The van der Waals surface area contributed by atoms with Crippen LogP contribution in [-0.4, -0.2) is 19.1 Å². The quantitative estimate of drug-likeness (QED) is 0.210. The van der Waals surface area contributed by atoms with Gasteiger partial charge in [-0.15, -0.1) is 0 Å². The first-order chi connectivity index (χ1) is 18.7. The molecule has 0 bridgehead atoms. The number of benzene rings is 3. The van der Waals surface area contributed by atoms with Crippen LogP contribution < -0.4 is 0 Å². The first-order valence-corrected chi connectivity index (χ1v) is 13.3.